The summed E-state index contributed by atoms with van der Waals surface area (Å²) >= 11 is 0. The Hall–Kier alpha value is -1.13. The minimum atomic E-state index is -1.25. The first kappa shape index (κ1) is 14.3. The molecule has 1 aromatic rings. The topological polar surface area (TPSA) is 38.7 Å². The van der Waals surface area contributed by atoms with Crippen LogP contribution in [0.3, 0.4) is 0 Å². The van der Waals surface area contributed by atoms with Gasteiger partial charge in [0.2, 0.25) is 0 Å². The van der Waals surface area contributed by atoms with Gasteiger partial charge < -0.3 is 14.6 Å². The Morgan fingerprint density at radius 1 is 1.53 bits per heavy atom. The van der Waals surface area contributed by atoms with Gasteiger partial charge in [-0.2, -0.15) is 0 Å². The van der Waals surface area contributed by atoms with Gasteiger partial charge in [-0.05, 0) is 44.7 Å². The standard InChI is InChI=1S/C15H21FO3/c1-15(17,9-8-11-5-4-10-19-11)14-12(16)6-3-7-13(14)18-2/h3,6-7,11,17H,4-5,8-10H2,1-2H3. The van der Waals surface area contributed by atoms with Crippen molar-refractivity contribution in [3.63, 3.8) is 0 Å². The van der Waals surface area contributed by atoms with Gasteiger partial charge in [-0.25, -0.2) is 4.39 Å². The van der Waals surface area contributed by atoms with Crippen LogP contribution in [0.15, 0.2) is 18.2 Å². The van der Waals surface area contributed by atoms with Gasteiger partial charge in [0.1, 0.15) is 11.6 Å². The van der Waals surface area contributed by atoms with Gasteiger partial charge in [-0.1, -0.05) is 6.07 Å². The Morgan fingerprint density at radius 2 is 2.32 bits per heavy atom. The predicted octanol–water partition coefficient (Wildman–Crippen LogP) is 3.00. The largest absolute Gasteiger partial charge is 0.496 e. The van der Waals surface area contributed by atoms with E-state index in [4.69, 9.17) is 9.47 Å². The van der Waals surface area contributed by atoms with E-state index in [1.807, 2.05) is 0 Å². The van der Waals surface area contributed by atoms with E-state index in [0.717, 1.165) is 25.9 Å². The molecular weight excluding hydrogens is 247 g/mol. The third-order valence-electron chi connectivity index (χ3n) is 3.71. The lowest BCUT2D eigenvalue weighted by Gasteiger charge is -2.27. The first-order valence-electron chi connectivity index (χ1n) is 6.71. The van der Waals surface area contributed by atoms with Crippen molar-refractivity contribution in [2.75, 3.05) is 13.7 Å². The van der Waals surface area contributed by atoms with Gasteiger partial charge in [-0.15, -0.1) is 0 Å². The van der Waals surface area contributed by atoms with Crippen LogP contribution in [0.4, 0.5) is 4.39 Å². The number of ether oxygens (including phenoxy) is 2. The van der Waals surface area contributed by atoms with Crippen LogP contribution < -0.4 is 4.74 Å². The molecular formula is C15H21FO3. The number of hydrogen-bond donors (Lipinski definition) is 1. The zero-order chi connectivity index (χ0) is 13.9. The number of aliphatic hydroxyl groups is 1. The van der Waals surface area contributed by atoms with E-state index in [0.29, 0.717) is 12.2 Å². The average molecular weight is 268 g/mol. The van der Waals surface area contributed by atoms with Crippen molar-refractivity contribution in [3.8, 4) is 5.75 Å². The van der Waals surface area contributed by atoms with E-state index in [1.54, 1.807) is 19.1 Å². The zero-order valence-corrected chi connectivity index (χ0v) is 11.5. The van der Waals surface area contributed by atoms with E-state index in [9.17, 15) is 9.50 Å². The van der Waals surface area contributed by atoms with Crippen LogP contribution in [0, 0.1) is 5.82 Å². The summed E-state index contributed by atoms with van der Waals surface area (Å²) in [7, 11) is 1.48. The Balaban J connectivity index is 2.13. The molecule has 1 N–H and O–H groups in total. The molecule has 2 unspecified atom stereocenters. The molecule has 0 aromatic heterocycles. The molecule has 0 aliphatic carbocycles. The summed E-state index contributed by atoms with van der Waals surface area (Å²) in [5.41, 5.74) is -1.02. The van der Waals surface area contributed by atoms with Gasteiger partial charge in [0, 0.05) is 6.61 Å². The van der Waals surface area contributed by atoms with Crippen molar-refractivity contribution >= 4 is 0 Å². The summed E-state index contributed by atoms with van der Waals surface area (Å²) in [5, 5.41) is 10.6. The number of methoxy groups -OCH3 is 1. The van der Waals surface area contributed by atoms with E-state index >= 15 is 0 Å². The molecule has 4 heteroatoms. The molecule has 2 rings (SSSR count). The second kappa shape index (κ2) is 5.88. The maximum absolute atomic E-state index is 14.0. The van der Waals surface area contributed by atoms with Crippen LogP contribution in [0.1, 0.15) is 38.2 Å². The number of rotatable bonds is 5. The molecule has 1 aromatic carbocycles. The fourth-order valence-electron chi connectivity index (χ4n) is 2.64. The normalized spacial score (nSPS) is 22.2. The van der Waals surface area contributed by atoms with E-state index < -0.39 is 11.4 Å². The molecule has 2 atom stereocenters. The molecule has 3 nitrogen and oxygen atoms in total. The summed E-state index contributed by atoms with van der Waals surface area (Å²) in [6, 6.07) is 4.59. The third-order valence-corrected chi connectivity index (χ3v) is 3.71. The first-order valence-corrected chi connectivity index (χ1v) is 6.71. The van der Waals surface area contributed by atoms with Crippen LogP contribution in [-0.4, -0.2) is 24.9 Å². The molecule has 1 aliphatic rings. The smallest absolute Gasteiger partial charge is 0.133 e. The monoisotopic (exact) mass is 268 g/mol. The molecule has 1 fully saturated rings. The predicted molar refractivity (Wildman–Crippen MR) is 70.7 cm³/mol. The fourth-order valence-corrected chi connectivity index (χ4v) is 2.64. The lowest BCUT2D eigenvalue weighted by atomic mass is 9.88. The highest BCUT2D eigenvalue weighted by Gasteiger charge is 2.31. The number of halogens is 1. The second-order valence-electron chi connectivity index (χ2n) is 5.26. The van der Waals surface area contributed by atoms with E-state index in [1.165, 1.54) is 13.2 Å². The van der Waals surface area contributed by atoms with Crippen molar-refractivity contribution in [2.24, 2.45) is 0 Å². The fraction of sp³-hybridized carbons (Fsp3) is 0.600. The lowest BCUT2D eigenvalue weighted by Crippen LogP contribution is -2.25. The molecule has 0 spiro atoms. The summed E-state index contributed by atoms with van der Waals surface area (Å²) in [6.45, 7) is 2.42. The summed E-state index contributed by atoms with van der Waals surface area (Å²) in [4.78, 5) is 0. The van der Waals surface area contributed by atoms with Crippen molar-refractivity contribution in [1.29, 1.82) is 0 Å². The van der Waals surface area contributed by atoms with Crippen molar-refractivity contribution in [1.82, 2.24) is 0 Å². The van der Waals surface area contributed by atoms with Crippen molar-refractivity contribution in [2.45, 2.75) is 44.3 Å². The molecule has 1 aliphatic heterocycles. The minimum absolute atomic E-state index is 0.184. The van der Waals surface area contributed by atoms with Crippen molar-refractivity contribution < 1.29 is 19.0 Å². The van der Waals surface area contributed by atoms with Crippen LogP contribution in [0.25, 0.3) is 0 Å². The van der Waals surface area contributed by atoms with Gasteiger partial charge in [-0.3, -0.25) is 0 Å². The number of benzene rings is 1. The molecule has 1 heterocycles. The molecule has 1 saturated heterocycles. The first-order chi connectivity index (χ1) is 9.04. The van der Waals surface area contributed by atoms with E-state index in [2.05, 4.69) is 0 Å². The van der Waals surface area contributed by atoms with Gasteiger partial charge in [0.25, 0.3) is 0 Å². The highest BCUT2D eigenvalue weighted by atomic mass is 19.1. The quantitative estimate of drug-likeness (QED) is 0.892. The van der Waals surface area contributed by atoms with Gasteiger partial charge in [0.05, 0.1) is 24.4 Å². The Kier molecular flexibility index (Phi) is 4.42. The molecule has 0 radical (unpaired) electrons. The van der Waals surface area contributed by atoms with Gasteiger partial charge in [0.15, 0.2) is 0 Å². The molecule has 106 valence electrons. The molecule has 0 bridgehead atoms. The number of hydrogen-bond acceptors (Lipinski definition) is 3. The summed E-state index contributed by atoms with van der Waals surface area (Å²) < 4.78 is 24.7. The average Bonchev–Trinajstić information content (AvgIpc) is 2.89. The zero-order valence-electron chi connectivity index (χ0n) is 11.5. The van der Waals surface area contributed by atoms with E-state index in [-0.39, 0.29) is 11.7 Å². The maximum atomic E-state index is 14.0. The highest BCUT2D eigenvalue weighted by molar-refractivity contribution is 5.38. The lowest BCUT2D eigenvalue weighted by molar-refractivity contribution is 0.0176. The third kappa shape index (κ3) is 3.25. The van der Waals surface area contributed by atoms with Crippen LogP contribution in [0.5, 0.6) is 5.75 Å². The Bertz CT molecular complexity index is 425. The second-order valence-corrected chi connectivity index (χ2v) is 5.26. The molecule has 19 heavy (non-hydrogen) atoms. The van der Waals surface area contributed by atoms with Crippen molar-refractivity contribution in [3.05, 3.63) is 29.6 Å². The SMILES string of the molecule is COc1cccc(F)c1C(C)(O)CCC1CCCO1. The molecule has 0 saturated carbocycles. The Labute approximate surface area is 113 Å². The Morgan fingerprint density at radius 3 is 2.95 bits per heavy atom. The minimum Gasteiger partial charge on any atom is -0.496 e. The highest BCUT2D eigenvalue weighted by Crippen LogP contribution is 2.36. The van der Waals surface area contributed by atoms with Crippen LogP contribution in [0.2, 0.25) is 0 Å². The van der Waals surface area contributed by atoms with Gasteiger partial charge >= 0.3 is 0 Å². The van der Waals surface area contributed by atoms with Crippen LogP contribution >= 0.6 is 0 Å². The van der Waals surface area contributed by atoms with Crippen LogP contribution in [-0.2, 0) is 10.3 Å². The molecule has 0 amide bonds. The maximum Gasteiger partial charge on any atom is 0.133 e. The summed E-state index contributed by atoms with van der Waals surface area (Å²) in [6.07, 6.45) is 3.45. The summed E-state index contributed by atoms with van der Waals surface area (Å²) in [5.74, 6) is -0.0472.